The predicted octanol–water partition coefficient (Wildman–Crippen LogP) is 1.85. The Morgan fingerprint density at radius 2 is 2.00 bits per heavy atom. The molecular formula is C9H16BNO2. The van der Waals surface area contributed by atoms with Crippen LogP contribution in [0.15, 0.2) is 0 Å². The smallest absolute Gasteiger partial charge is 0.410 e. The van der Waals surface area contributed by atoms with Gasteiger partial charge in [0.25, 0.3) is 0 Å². The van der Waals surface area contributed by atoms with Crippen LogP contribution in [0.4, 0.5) is 0 Å². The topological polar surface area (TPSA) is 42.2 Å². The lowest BCUT2D eigenvalue weighted by atomic mass is 9.78. The molecule has 0 N–H and O–H groups in total. The molecule has 0 spiro atoms. The fourth-order valence-electron chi connectivity index (χ4n) is 1.24. The second-order valence-corrected chi connectivity index (χ2v) is 4.27. The van der Waals surface area contributed by atoms with Gasteiger partial charge in [-0.15, -0.1) is 0 Å². The van der Waals surface area contributed by atoms with Crippen molar-refractivity contribution >= 4 is 7.12 Å². The van der Waals surface area contributed by atoms with Crippen molar-refractivity contribution in [1.29, 1.82) is 5.26 Å². The average molecular weight is 181 g/mol. The zero-order valence-electron chi connectivity index (χ0n) is 8.38. The third-order valence-corrected chi connectivity index (χ3v) is 2.05. The van der Waals surface area contributed by atoms with Crippen molar-refractivity contribution in [2.45, 2.75) is 33.0 Å². The van der Waals surface area contributed by atoms with E-state index in [-0.39, 0.29) is 12.5 Å². The highest BCUT2D eigenvalue weighted by molar-refractivity contribution is 6.44. The van der Waals surface area contributed by atoms with Crippen LogP contribution in [0.3, 0.4) is 0 Å². The van der Waals surface area contributed by atoms with Crippen molar-refractivity contribution in [1.82, 2.24) is 0 Å². The Hall–Kier alpha value is -0.525. The molecule has 0 saturated carbocycles. The number of nitrogens with zero attached hydrogens (tertiary/aromatic N) is 1. The molecule has 0 radical (unpaired) electrons. The summed E-state index contributed by atoms with van der Waals surface area (Å²) in [6, 6.07) is 2.11. The molecule has 0 aromatic heterocycles. The van der Waals surface area contributed by atoms with E-state index in [2.05, 4.69) is 19.9 Å². The molecule has 0 bridgehead atoms. The van der Waals surface area contributed by atoms with E-state index < -0.39 is 0 Å². The highest BCUT2D eigenvalue weighted by Gasteiger charge is 2.31. The normalized spacial score (nSPS) is 21.2. The van der Waals surface area contributed by atoms with Gasteiger partial charge in [0.2, 0.25) is 0 Å². The van der Waals surface area contributed by atoms with Gasteiger partial charge in [-0.3, -0.25) is 0 Å². The van der Waals surface area contributed by atoms with E-state index in [1.165, 1.54) is 0 Å². The fourth-order valence-corrected chi connectivity index (χ4v) is 1.24. The largest absolute Gasteiger partial charge is 0.456 e. The minimum atomic E-state index is -0.0821. The van der Waals surface area contributed by atoms with Crippen LogP contribution < -0.4 is 0 Å². The summed E-state index contributed by atoms with van der Waals surface area (Å²) in [6.45, 7) is 5.76. The Kier molecular flexibility index (Phi) is 3.77. The van der Waals surface area contributed by atoms with Gasteiger partial charge in [-0.1, -0.05) is 13.8 Å². The SMILES string of the molecule is CC1(C)COB(CCCC#N)OC1. The van der Waals surface area contributed by atoms with Crippen LogP contribution in [0, 0.1) is 16.7 Å². The second-order valence-electron chi connectivity index (χ2n) is 4.27. The summed E-state index contributed by atoms with van der Waals surface area (Å²) in [7, 11) is -0.0821. The van der Waals surface area contributed by atoms with Crippen molar-refractivity contribution in [3.05, 3.63) is 0 Å². The van der Waals surface area contributed by atoms with E-state index in [9.17, 15) is 0 Å². The van der Waals surface area contributed by atoms with E-state index in [4.69, 9.17) is 14.6 Å². The Balaban J connectivity index is 2.15. The monoisotopic (exact) mass is 181 g/mol. The molecule has 1 heterocycles. The van der Waals surface area contributed by atoms with Gasteiger partial charge in [0.15, 0.2) is 0 Å². The van der Waals surface area contributed by atoms with Crippen LogP contribution in [0.5, 0.6) is 0 Å². The lowest BCUT2D eigenvalue weighted by Crippen LogP contribution is -2.40. The summed E-state index contributed by atoms with van der Waals surface area (Å²) in [6.07, 6.45) is 2.29. The first kappa shape index (κ1) is 10.6. The molecule has 13 heavy (non-hydrogen) atoms. The van der Waals surface area contributed by atoms with E-state index in [0.29, 0.717) is 6.42 Å². The summed E-state index contributed by atoms with van der Waals surface area (Å²) in [5, 5.41) is 8.35. The maximum Gasteiger partial charge on any atom is 0.456 e. The molecule has 0 amide bonds. The number of rotatable bonds is 3. The summed E-state index contributed by atoms with van der Waals surface area (Å²) < 4.78 is 11.0. The van der Waals surface area contributed by atoms with Gasteiger partial charge in [0.1, 0.15) is 0 Å². The number of nitriles is 1. The Labute approximate surface area is 80.2 Å². The lowest BCUT2D eigenvalue weighted by Gasteiger charge is -2.33. The Bertz CT molecular complexity index is 190. The summed E-state index contributed by atoms with van der Waals surface area (Å²) in [4.78, 5) is 0. The lowest BCUT2D eigenvalue weighted by molar-refractivity contribution is 0.0281. The van der Waals surface area contributed by atoms with E-state index in [1.54, 1.807) is 0 Å². The van der Waals surface area contributed by atoms with Gasteiger partial charge < -0.3 is 9.31 Å². The van der Waals surface area contributed by atoms with Crippen molar-refractivity contribution in [3.8, 4) is 6.07 Å². The minimum absolute atomic E-state index is 0.0821. The third-order valence-electron chi connectivity index (χ3n) is 2.05. The predicted molar refractivity (Wildman–Crippen MR) is 51.1 cm³/mol. The highest BCUT2D eigenvalue weighted by atomic mass is 16.6. The minimum Gasteiger partial charge on any atom is -0.410 e. The van der Waals surface area contributed by atoms with Gasteiger partial charge in [-0.2, -0.15) is 5.26 Å². The van der Waals surface area contributed by atoms with Crippen LogP contribution in [-0.4, -0.2) is 20.3 Å². The quantitative estimate of drug-likeness (QED) is 0.492. The van der Waals surface area contributed by atoms with Crippen LogP contribution in [0.2, 0.25) is 6.32 Å². The molecule has 0 unspecified atom stereocenters. The molecular weight excluding hydrogens is 165 g/mol. The summed E-state index contributed by atoms with van der Waals surface area (Å²) >= 11 is 0. The molecule has 0 aromatic carbocycles. The molecule has 0 aromatic rings. The molecule has 1 aliphatic rings. The Morgan fingerprint density at radius 3 is 2.54 bits per heavy atom. The summed E-state index contributed by atoms with van der Waals surface area (Å²) in [5.74, 6) is 0. The van der Waals surface area contributed by atoms with E-state index in [1.807, 2.05) is 0 Å². The number of unbranched alkanes of at least 4 members (excludes halogenated alkanes) is 1. The zero-order chi connectivity index (χ0) is 9.73. The summed E-state index contributed by atoms with van der Waals surface area (Å²) in [5.41, 5.74) is 0.145. The molecule has 72 valence electrons. The van der Waals surface area contributed by atoms with Crippen LogP contribution in [0.1, 0.15) is 26.7 Å². The molecule has 0 atom stereocenters. The zero-order valence-corrected chi connectivity index (χ0v) is 8.38. The maximum absolute atomic E-state index is 8.35. The standard InChI is InChI=1S/C9H16BNO2/c1-9(2)7-12-10(13-8-9)5-3-4-6-11/h3-5,7-8H2,1-2H3. The van der Waals surface area contributed by atoms with Gasteiger partial charge in [0.05, 0.1) is 6.07 Å². The first-order valence-electron chi connectivity index (χ1n) is 4.74. The molecule has 0 aliphatic carbocycles. The Morgan fingerprint density at radius 1 is 1.38 bits per heavy atom. The van der Waals surface area contributed by atoms with E-state index >= 15 is 0 Å². The van der Waals surface area contributed by atoms with Gasteiger partial charge in [-0.25, -0.2) is 0 Å². The first-order valence-corrected chi connectivity index (χ1v) is 4.74. The average Bonchev–Trinajstić information content (AvgIpc) is 2.08. The third kappa shape index (κ3) is 3.80. The molecule has 1 rings (SSSR count). The van der Waals surface area contributed by atoms with Crippen molar-refractivity contribution in [2.24, 2.45) is 5.41 Å². The van der Waals surface area contributed by atoms with Crippen LogP contribution in [-0.2, 0) is 9.31 Å². The highest BCUT2D eigenvalue weighted by Crippen LogP contribution is 2.23. The van der Waals surface area contributed by atoms with Crippen LogP contribution >= 0.6 is 0 Å². The molecule has 1 fully saturated rings. The van der Waals surface area contributed by atoms with Crippen molar-refractivity contribution < 1.29 is 9.31 Å². The molecule has 4 heteroatoms. The van der Waals surface area contributed by atoms with Crippen LogP contribution in [0.25, 0.3) is 0 Å². The maximum atomic E-state index is 8.35. The van der Waals surface area contributed by atoms with Crippen molar-refractivity contribution in [2.75, 3.05) is 13.2 Å². The molecule has 1 saturated heterocycles. The first-order chi connectivity index (χ1) is 6.14. The van der Waals surface area contributed by atoms with Gasteiger partial charge >= 0.3 is 7.12 Å². The van der Waals surface area contributed by atoms with Gasteiger partial charge in [0, 0.05) is 25.0 Å². The van der Waals surface area contributed by atoms with Gasteiger partial charge in [-0.05, 0) is 12.7 Å². The number of hydrogen-bond acceptors (Lipinski definition) is 3. The van der Waals surface area contributed by atoms with E-state index in [0.717, 1.165) is 26.0 Å². The molecule has 3 nitrogen and oxygen atoms in total. The molecule has 1 aliphatic heterocycles. The fraction of sp³-hybridized carbons (Fsp3) is 0.889. The van der Waals surface area contributed by atoms with Crippen molar-refractivity contribution in [3.63, 3.8) is 0 Å². The number of hydrogen-bond donors (Lipinski definition) is 0. The second kappa shape index (κ2) is 4.64.